The van der Waals surface area contributed by atoms with Crippen molar-refractivity contribution < 1.29 is 10.2 Å². The lowest BCUT2D eigenvalue weighted by atomic mass is 9.63. The Bertz CT molecular complexity index is 694. The zero-order valence-electron chi connectivity index (χ0n) is 13.4. The Hall–Kier alpha value is -1.10. The highest BCUT2D eigenvalue weighted by molar-refractivity contribution is 5.65. The molecule has 5 aliphatic heterocycles. The topological polar surface area (TPSA) is 55.7 Å². The quantitative estimate of drug-likeness (QED) is 0.736. The summed E-state index contributed by atoms with van der Waals surface area (Å²) in [7, 11) is 0. The summed E-state index contributed by atoms with van der Waals surface area (Å²) < 4.78 is 0. The van der Waals surface area contributed by atoms with Gasteiger partial charge in [0.2, 0.25) is 0 Å². The fourth-order valence-electron chi connectivity index (χ4n) is 7.40. The molecule has 7 rings (SSSR count). The van der Waals surface area contributed by atoms with Crippen LogP contribution in [0.1, 0.15) is 31.7 Å². The number of piperidine rings is 4. The minimum Gasteiger partial charge on any atom is -0.392 e. The number of nitrogens with zero attached hydrogens (tertiary/aromatic N) is 1. The molecular weight excluding hydrogens is 288 g/mol. The average molecular weight is 312 g/mol. The third-order valence-corrected chi connectivity index (χ3v) is 8.05. The SMILES string of the molecule is CC[C@H]1[C@@H]2C[C@H]3[C@@H]4Nc5ccccc5[C@]45C[C@@H](C2[C@H]5O)N3[C@@H]1O. The van der Waals surface area contributed by atoms with Gasteiger partial charge in [-0.2, -0.15) is 0 Å². The molecule has 23 heavy (non-hydrogen) atoms. The highest BCUT2D eigenvalue weighted by atomic mass is 16.3. The summed E-state index contributed by atoms with van der Waals surface area (Å²) in [6.07, 6.45) is 2.52. The van der Waals surface area contributed by atoms with Crippen LogP contribution in [0.5, 0.6) is 0 Å². The second-order valence-corrected chi connectivity index (χ2v) is 8.40. The summed E-state index contributed by atoms with van der Waals surface area (Å²) in [6.45, 7) is 2.18. The van der Waals surface area contributed by atoms with Crippen molar-refractivity contribution in [3.63, 3.8) is 0 Å². The van der Waals surface area contributed by atoms with Crippen molar-refractivity contribution in [1.29, 1.82) is 0 Å². The first-order valence-electron chi connectivity index (χ1n) is 9.18. The van der Waals surface area contributed by atoms with Crippen molar-refractivity contribution in [3.05, 3.63) is 29.8 Å². The lowest BCUT2D eigenvalue weighted by Crippen LogP contribution is -2.71. The smallest absolute Gasteiger partial charge is 0.111 e. The summed E-state index contributed by atoms with van der Waals surface area (Å²) in [5.74, 6) is 1.13. The minimum atomic E-state index is -0.321. The van der Waals surface area contributed by atoms with Gasteiger partial charge in [-0.3, -0.25) is 4.90 Å². The number of hydrogen-bond donors (Lipinski definition) is 3. The lowest BCUT2D eigenvalue weighted by Gasteiger charge is -2.61. The largest absolute Gasteiger partial charge is 0.392 e. The molecule has 4 heteroatoms. The molecule has 122 valence electrons. The van der Waals surface area contributed by atoms with Crippen molar-refractivity contribution in [2.75, 3.05) is 5.32 Å². The first kappa shape index (κ1) is 13.2. The predicted molar refractivity (Wildman–Crippen MR) is 87.0 cm³/mol. The molecule has 1 spiro atoms. The summed E-state index contributed by atoms with van der Waals surface area (Å²) in [5, 5.41) is 26.1. The van der Waals surface area contributed by atoms with Crippen LogP contribution in [0.25, 0.3) is 0 Å². The van der Waals surface area contributed by atoms with Crippen molar-refractivity contribution in [3.8, 4) is 0 Å². The molecule has 1 aliphatic carbocycles. The molecule has 10 atom stereocenters. The van der Waals surface area contributed by atoms with Gasteiger partial charge in [-0.1, -0.05) is 25.1 Å². The number of para-hydroxylation sites is 1. The third kappa shape index (κ3) is 1.20. The van der Waals surface area contributed by atoms with E-state index in [9.17, 15) is 10.2 Å². The molecule has 0 aromatic heterocycles. The normalized spacial score (nSPS) is 57.3. The van der Waals surface area contributed by atoms with Gasteiger partial charge in [0.15, 0.2) is 0 Å². The molecule has 1 aromatic carbocycles. The van der Waals surface area contributed by atoms with Crippen LogP contribution in [0.4, 0.5) is 5.69 Å². The van der Waals surface area contributed by atoms with E-state index in [0.717, 1.165) is 19.3 Å². The zero-order chi connectivity index (χ0) is 15.5. The van der Waals surface area contributed by atoms with E-state index in [0.29, 0.717) is 29.8 Å². The van der Waals surface area contributed by atoms with Crippen LogP contribution in [0, 0.1) is 17.8 Å². The number of fused-ring (bicyclic) bond motifs is 2. The van der Waals surface area contributed by atoms with Crippen LogP contribution < -0.4 is 5.32 Å². The van der Waals surface area contributed by atoms with E-state index in [1.807, 2.05) is 0 Å². The first-order chi connectivity index (χ1) is 11.2. The number of hydrogen-bond acceptors (Lipinski definition) is 4. The Labute approximate surface area is 136 Å². The monoisotopic (exact) mass is 312 g/mol. The van der Waals surface area contributed by atoms with Gasteiger partial charge in [0.25, 0.3) is 0 Å². The molecule has 0 radical (unpaired) electrons. The Balaban J connectivity index is 1.57. The van der Waals surface area contributed by atoms with Gasteiger partial charge in [0.05, 0.1) is 12.1 Å². The van der Waals surface area contributed by atoms with E-state index in [1.165, 1.54) is 11.3 Å². The summed E-state index contributed by atoms with van der Waals surface area (Å²) in [5.41, 5.74) is 2.38. The van der Waals surface area contributed by atoms with Crippen LogP contribution in [0.3, 0.4) is 0 Å². The molecule has 5 fully saturated rings. The second-order valence-electron chi connectivity index (χ2n) is 8.40. The molecule has 1 saturated carbocycles. The average Bonchev–Trinajstić information content (AvgIpc) is 3.02. The zero-order valence-corrected chi connectivity index (χ0v) is 13.4. The van der Waals surface area contributed by atoms with Gasteiger partial charge < -0.3 is 15.5 Å². The summed E-state index contributed by atoms with van der Waals surface area (Å²) in [4.78, 5) is 2.39. The van der Waals surface area contributed by atoms with Crippen molar-refractivity contribution in [1.82, 2.24) is 4.90 Å². The highest BCUT2D eigenvalue weighted by Crippen LogP contribution is 2.67. The molecule has 1 aromatic rings. The predicted octanol–water partition coefficient (Wildman–Crippen LogP) is 1.53. The maximum absolute atomic E-state index is 11.5. The van der Waals surface area contributed by atoms with Gasteiger partial charge in [0.1, 0.15) is 6.23 Å². The van der Waals surface area contributed by atoms with E-state index in [1.54, 1.807) is 0 Å². The minimum absolute atomic E-state index is 0.135. The van der Waals surface area contributed by atoms with E-state index >= 15 is 0 Å². The maximum Gasteiger partial charge on any atom is 0.111 e. The number of anilines is 1. The van der Waals surface area contributed by atoms with Gasteiger partial charge >= 0.3 is 0 Å². The molecular formula is C19H24N2O2. The van der Waals surface area contributed by atoms with E-state index in [4.69, 9.17) is 0 Å². The van der Waals surface area contributed by atoms with E-state index in [-0.39, 0.29) is 23.8 Å². The molecule has 3 N–H and O–H groups in total. The molecule has 0 amide bonds. The second kappa shape index (κ2) is 3.93. The summed E-state index contributed by atoms with van der Waals surface area (Å²) >= 11 is 0. The molecule has 4 saturated heterocycles. The van der Waals surface area contributed by atoms with Crippen LogP contribution in [-0.4, -0.2) is 45.6 Å². The number of aliphatic hydroxyl groups excluding tert-OH is 2. The van der Waals surface area contributed by atoms with E-state index in [2.05, 4.69) is 41.4 Å². The Morgan fingerprint density at radius 1 is 1.26 bits per heavy atom. The van der Waals surface area contributed by atoms with Crippen molar-refractivity contribution >= 4 is 5.69 Å². The summed E-state index contributed by atoms with van der Waals surface area (Å²) in [6, 6.07) is 9.50. The molecule has 5 heterocycles. The lowest BCUT2D eigenvalue weighted by molar-refractivity contribution is -0.210. The van der Waals surface area contributed by atoms with Crippen LogP contribution in [0.15, 0.2) is 24.3 Å². The first-order valence-corrected chi connectivity index (χ1v) is 9.18. The Morgan fingerprint density at radius 2 is 2.09 bits per heavy atom. The van der Waals surface area contributed by atoms with Crippen molar-refractivity contribution in [2.24, 2.45) is 17.8 Å². The van der Waals surface area contributed by atoms with Crippen molar-refractivity contribution in [2.45, 2.75) is 62.1 Å². The number of benzene rings is 1. The van der Waals surface area contributed by atoms with Gasteiger partial charge in [-0.05, 0) is 36.8 Å². The van der Waals surface area contributed by atoms with Gasteiger partial charge in [0, 0.05) is 35.0 Å². The van der Waals surface area contributed by atoms with Crippen LogP contribution in [0.2, 0.25) is 0 Å². The fraction of sp³-hybridized carbons (Fsp3) is 0.684. The molecule has 5 bridgehead atoms. The van der Waals surface area contributed by atoms with Crippen LogP contribution in [-0.2, 0) is 5.41 Å². The van der Waals surface area contributed by atoms with Gasteiger partial charge in [-0.15, -0.1) is 0 Å². The Kier molecular flexibility index (Phi) is 2.26. The standard InChI is InChI=1S/C19H24N2O2/c1-2-9-10-7-13-16-19(11-5-3-4-6-12(11)20-16)8-14(15(10)17(19)22)21(13)18(9)23/h3-6,9-10,13-18,20,22-23H,2,7-8H2,1H3/t9-,10-,13-,14-,15?,16-,17+,18+,19+/m0/s1. The maximum atomic E-state index is 11.5. The number of nitrogens with one attached hydrogen (secondary N) is 1. The Morgan fingerprint density at radius 3 is 2.91 bits per heavy atom. The number of aliphatic hydroxyl groups is 2. The molecule has 4 nitrogen and oxygen atoms in total. The molecule has 6 aliphatic rings. The van der Waals surface area contributed by atoms with E-state index < -0.39 is 0 Å². The van der Waals surface area contributed by atoms with Crippen LogP contribution >= 0.6 is 0 Å². The highest BCUT2D eigenvalue weighted by Gasteiger charge is 2.75. The fourth-order valence-corrected chi connectivity index (χ4v) is 7.40. The van der Waals surface area contributed by atoms with Gasteiger partial charge in [-0.25, -0.2) is 0 Å². The third-order valence-electron chi connectivity index (χ3n) is 8.05. The number of rotatable bonds is 1. The molecule has 2 unspecified atom stereocenters.